The van der Waals surface area contributed by atoms with Crippen molar-refractivity contribution in [1.29, 1.82) is 0 Å². The van der Waals surface area contributed by atoms with Gasteiger partial charge in [0, 0.05) is 22.0 Å². The minimum Gasteiger partial charge on any atom is -0.497 e. The van der Waals surface area contributed by atoms with E-state index in [-0.39, 0.29) is 11.7 Å². The summed E-state index contributed by atoms with van der Waals surface area (Å²) in [6.07, 6.45) is 0. The van der Waals surface area contributed by atoms with E-state index in [9.17, 15) is 4.79 Å². The SMILES string of the molecule is COc1ccc(-c2nnc(SCC(=O)Nc3ccccc3)c3ccccc23)cc1. The summed E-state index contributed by atoms with van der Waals surface area (Å²) in [5, 5.41) is 14.5. The van der Waals surface area contributed by atoms with Crippen molar-refractivity contribution in [3.63, 3.8) is 0 Å². The van der Waals surface area contributed by atoms with Crippen molar-refractivity contribution < 1.29 is 9.53 Å². The molecule has 6 heteroatoms. The number of anilines is 1. The van der Waals surface area contributed by atoms with E-state index < -0.39 is 0 Å². The molecule has 1 heterocycles. The van der Waals surface area contributed by atoms with Crippen LogP contribution < -0.4 is 10.1 Å². The maximum Gasteiger partial charge on any atom is 0.234 e. The molecule has 0 aliphatic rings. The Bertz CT molecular complexity index is 1130. The molecule has 1 N–H and O–H groups in total. The van der Waals surface area contributed by atoms with Gasteiger partial charge in [-0.05, 0) is 36.4 Å². The third kappa shape index (κ3) is 4.38. The number of ether oxygens (including phenoxy) is 1. The van der Waals surface area contributed by atoms with Gasteiger partial charge in [0.05, 0.1) is 12.9 Å². The van der Waals surface area contributed by atoms with Crippen LogP contribution in [0.4, 0.5) is 5.69 Å². The van der Waals surface area contributed by atoms with E-state index in [0.29, 0.717) is 0 Å². The second-order valence-electron chi connectivity index (χ2n) is 6.33. The lowest BCUT2D eigenvalue weighted by molar-refractivity contribution is -0.113. The number of amides is 1. The van der Waals surface area contributed by atoms with Crippen LogP contribution in [0.2, 0.25) is 0 Å². The molecule has 0 aliphatic heterocycles. The van der Waals surface area contributed by atoms with E-state index in [0.717, 1.165) is 38.5 Å². The molecule has 0 unspecified atom stereocenters. The summed E-state index contributed by atoms with van der Waals surface area (Å²) in [5.41, 5.74) is 2.55. The van der Waals surface area contributed by atoms with Gasteiger partial charge in [-0.3, -0.25) is 4.79 Å². The van der Waals surface area contributed by atoms with Gasteiger partial charge in [-0.1, -0.05) is 54.2 Å². The highest BCUT2D eigenvalue weighted by molar-refractivity contribution is 8.00. The lowest BCUT2D eigenvalue weighted by Gasteiger charge is -2.10. The summed E-state index contributed by atoms with van der Waals surface area (Å²) in [6, 6.07) is 25.1. The fraction of sp³-hybridized carbons (Fsp3) is 0.0870. The highest BCUT2D eigenvalue weighted by Crippen LogP contribution is 2.32. The summed E-state index contributed by atoms with van der Waals surface area (Å²) in [4.78, 5) is 12.3. The van der Waals surface area contributed by atoms with Crippen molar-refractivity contribution in [2.24, 2.45) is 0 Å². The maximum absolute atomic E-state index is 12.3. The van der Waals surface area contributed by atoms with Crippen LogP contribution in [0.15, 0.2) is 83.9 Å². The largest absolute Gasteiger partial charge is 0.497 e. The Morgan fingerprint density at radius 1 is 0.897 bits per heavy atom. The molecule has 3 aromatic carbocycles. The number of thioether (sulfide) groups is 1. The van der Waals surface area contributed by atoms with E-state index >= 15 is 0 Å². The Hall–Kier alpha value is -3.38. The van der Waals surface area contributed by atoms with Gasteiger partial charge in [-0.15, -0.1) is 10.2 Å². The summed E-state index contributed by atoms with van der Waals surface area (Å²) in [6.45, 7) is 0. The molecule has 0 saturated heterocycles. The van der Waals surface area contributed by atoms with E-state index in [1.54, 1.807) is 7.11 Å². The quantitative estimate of drug-likeness (QED) is 0.459. The number of benzene rings is 3. The number of carbonyl (C=O) groups is 1. The van der Waals surface area contributed by atoms with Gasteiger partial charge in [-0.2, -0.15) is 0 Å². The number of hydrogen-bond acceptors (Lipinski definition) is 5. The standard InChI is InChI=1S/C23H19N3O2S/c1-28-18-13-11-16(12-14-18)22-19-9-5-6-10-20(19)23(26-25-22)29-15-21(27)24-17-7-3-2-4-8-17/h2-14H,15H2,1H3,(H,24,27). The molecule has 0 fully saturated rings. The van der Waals surface area contributed by atoms with E-state index in [4.69, 9.17) is 4.74 Å². The van der Waals surface area contributed by atoms with Crippen LogP contribution >= 0.6 is 11.8 Å². The van der Waals surface area contributed by atoms with Gasteiger partial charge >= 0.3 is 0 Å². The van der Waals surface area contributed by atoms with Gasteiger partial charge in [0.15, 0.2) is 0 Å². The third-order valence-electron chi connectivity index (χ3n) is 4.41. The molecular weight excluding hydrogens is 382 g/mol. The van der Waals surface area contributed by atoms with E-state index in [2.05, 4.69) is 15.5 Å². The number of fused-ring (bicyclic) bond motifs is 1. The van der Waals surface area contributed by atoms with Gasteiger partial charge in [0.2, 0.25) is 5.91 Å². The number of carbonyl (C=O) groups excluding carboxylic acids is 1. The number of methoxy groups -OCH3 is 1. The van der Waals surface area contributed by atoms with E-state index in [1.165, 1.54) is 11.8 Å². The Morgan fingerprint density at radius 3 is 2.31 bits per heavy atom. The molecule has 0 aliphatic carbocycles. The fourth-order valence-corrected chi connectivity index (χ4v) is 3.77. The van der Waals surface area contributed by atoms with Crippen LogP contribution in [0.1, 0.15) is 0 Å². The molecule has 5 nitrogen and oxygen atoms in total. The molecule has 0 saturated carbocycles. The van der Waals surface area contributed by atoms with Gasteiger partial charge < -0.3 is 10.1 Å². The molecule has 4 rings (SSSR count). The molecule has 4 aromatic rings. The van der Waals surface area contributed by atoms with Crippen LogP contribution in [0, 0.1) is 0 Å². The van der Waals surface area contributed by atoms with Crippen molar-refractivity contribution in [2.45, 2.75) is 5.03 Å². The predicted octanol–water partition coefficient (Wildman–Crippen LogP) is 5.04. The molecule has 1 amide bonds. The first-order valence-electron chi connectivity index (χ1n) is 9.12. The van der Waals surface area contributed by atoms with Crippen molar-refractivity contribution in [2.75, 3.05) is 18.2 Å². The van der Waals surface area contributed by atoms with E-state index in [1.807, 2.05) is 78.9 Å². The summed E-state index contributed by atoms with van der Waals surface area (Å²) < 4.78 is 5.23. The smallest absolute Gasteiger partial charge is 0.234 e. The number of aromatic nitrogens is 2. The number of hydrogen-bond donors (Lipinski definition) is 1. The second kappa shape index (κ2) is 8.75. The normalized spacial score (nSPS) is 10.7. The Morgan fingerprint density at radius 2 is 1.59 bits per heavy atom. The molecule has 0 spiro atoms. The maximum atomic E-state index is 12.3. The first kappa shape index (κ1) is 19.0. The molecule has 144 valence electrons. The zero-order valence-corrected chi connectivity index (χ0v) is 16.6. The lowest BCUT2D eigenvalue weighted by atomic mass is 10.1. The first-order valence-corrected chi connectivity index (χ1v) is 10.1. The van der Waals surface area contributed by atoms with Crippen molar-refractivity contribution in [3.8, 4) is 17.0 Å². The second-order valence-corrected chi connectivity index (χ2v) is 7.29. The van der Waals surface area contributed by atoms with Gasteiger partial charge in [0.25, 0.3) is 0 Å². The molecule has 1 aromatic heterocycles. The number of rotatable bonds is 6. The highest BCUT2D eigenvalue weighted by Gasteiger charge is 2.13. The van der Waals surface area contributed by atoms with Gasteiger partial charge in [0.1, 0.15) is 16.5 Å². The summed E-state index contributed by atoms with van der Waals surface area (Å²) in [5.74, 6) is 0.976. The minimum absolute atomic E-state index is 0.0775. The Kier molecular flexibility index (Phi) is 5.72. The number of nitrogens with zero attached hydrogens (tertiary/aromatic N) is 2. The zero-order valence-electron chi connectivity index (χ0n) is 15.8. The van der Waals surface area contributed by atoms with Crippen molar-refractivity contribution in [1.82, 2.24) is 10.2 Å². The van der Waals surface area contributed by atoms with Crippen LogP contribution in [0.25, 0.3) is 22.0 Å². The van der Waals surface area contributed by atoms with Crippen molar-refractivity contribution >= 4 is 34.1 Å². The van der Waals surface area contributed by atoms with Crippen LogP contribution in [0.5, 0.6) is 5.75 Å². The van der Waals surface area contributed by atoms with Crippen molar-refractivity contribution in [3.05, 3.63) is 78.9 Å². The van der Waals surface area contributed by atoms with Crippen LogP contribution in [-0.2, 0) is 4.79 Å². The predicted molar refractivity (Wildman–Crippen MR) is 117 cm³/mol. The highest BCUT2D eigenvalue weighted by atomic mass is 32.2. The zero-order chi connectivity index (χ0) is 20.1. The molecule has 0 radical (unpaired) electrons. The monoisotopic (exact) mass is 401 g/mol. The molecule has 29 heavy (non-hydrogen) atoms. The van der Waals surface area contributed by atoms with Gasteiger partial charge in [-0.25, -0.2) is 0 Å². The van der Waals surface area contributed by atoms with Crippen LogP contribution in [-0.4, -0.2) is 29.0 Å². The summed E-state index contributed by atoms with van der Waals surface area (Å²) >= 11 is 1.38. The molecular formula is C23H19N3O2S. The molecule has 0 bridgehead atoms. The minimum atomic E-state index is -0.0775. The molecule has 0 atom stereocenters. The average molecular weight is 401 g/mol. The Labute approximate surface area is 173 Å². The third-order valence-corrected chi connectivity index (χ3v) is 5.40. The van der Waals surface area contributed by atoms with Crippen LogP contribution in [0.3, 0.4) is 0 Å². The number of para-hydroxylation sites is 1. The summed E-state index contributed by atoms with van der Waals surface area (Å²) in [7, 11) is 1.64. The average Bonchev–Trinajstić information content (AvgIpc) is 2.78. The topological polar surface area (TPSA) is 64.1 Å². The Balaban J connectivity index is 1.57. The fourth-order valence-electron chi connectivity index (χ4n) is 3.00. The lowest BCUT2D eigenvalue weighted by Crippen LogP contribution is -2.14. The number of nitrogens with one attached hydrogen (secondary N) is 1. The first-order chi connectivity index (χ1) is 14.2.